The van der Waals surface area contributed by atoms with E-state index in [1.54, 1.807) is 4.72 Å². The van der Waals surface area contributed by atoms with Gasteiger partial charge in [-0.1, -0.05) is 12.1 Å². The van der Waals surface area contributed by atoms with Crippen molar-refractivity contribution in [2.45, 2.75) is 37.0 Å². The third-order valence-electron chi connectivity index (χ3n) is 5.34. The molecule has 16 heteroatoms. The number of hydrogen-bond acceptors (Lipinski definition) is 13. The second-order valence-electron chi connectivity index (χ2n) is 7.81. The average Bonchev–Trinajstić information content (AvgIpc) is 3.36. The Morgan fingerprint density at radius 3 is 2.63 bits per heavy atom. The summed E-state index contributed by atoms with van der Waals surface area (Å²) in [5.41, 5.74) is 12.6. The second-order valence-corrected chi connectivity index (χ2v) is 9.16. The van der Waals surface area contributed by atoms with Crippen LogP contribution in [0.25, 0.3) is 11.2 Å². The molecule has 0 bridgehead atoms. The molecule has 2 aromatic heterocycles. The van der Waals surface area contributed by atoms with Crippen LogP contribution in [0.2, 0.25) is 0 Å². The van der Waals surface area contributed by atoms with Crippen LogP contribution in [-0.4, -0.2) is 80.1 Å². The number of nitrogens with two attached hydrogens (primary N) is 2. The van der Waals surface area contributed by atoms with Crippen molar-refractivity contribution in [3.05, 3.63) is 42.5 Å². The normalized spacial score (nSPS) is 23.4. The number of ether oxygens (including phenoxy) is 1. The number of carbonyl (C=O) groups is 1. The van der Waals surface area contributed by atoms with E-state index >= 15 is 0 Å². The molecule has 188 valence electrons. The summed E-state index contributed by atoms with van der Waals surface area (Å²) < 4.78 is 37.8. The van der Waals surface area contributed by atoms with E-state index in [1.165, 1.54) is 41.5 Å². The molecule has 3 aromatic rings. The lowest BCUT2D eigenvalue weighted by molar-refractivity contribution is -0.120. The van der Waals surface area contributed by atoms with E-state index in [0.29, 0.717) is 5.56 Å². The maximum absolute atomic E-state index is 12.2. The summed E-state index contributed by atoms with van der Waals surface area (Å²) in [4.78, 5) is 24.1. The molecule has 0 radical (unpaired) electrons. The molecular formula is C19H23N7O8S. The van der Waals surface area contributed by atoms with Gasteiger partial charge in [0, 0.05) is 0 Å². The van der Waals surface area contributed by atoms with E-state index in [1.807, 2.05) is 0 Å². The lowest BCUT2D eigenvalue weighted by Crippen LogP contribution is -2.45. The number of phenols is 1. The Kier molecular flexibility index (Phi) is 6.84. The van der Waals surface area contributed by atoms with Crippen molar-refractivity contribution < 1.29 is 37.5 Å². The lowest BCUT2D eigenvalue weighted by atomic mass is 10.1. The fourth-order valence-electron chi connectivity index (χ4n) is 3.52. The van der Waals surface area contributed by atoms with Gasteiger partial charge in [0.05, 0.1) is 19.0 Å². The first-order chi connectivity index (χ1) is 16.6. The van der Waals surface area contributed by atoms with Crippen LogP contribution in [0.5, 0.6) is 5.75 Å². The van der Waals surface area contributed by atoms with Crippen LogP contribution < -0.4 is 16.2 Å². The molecule has 1 aliphatic rings. The number of nitrogens with zero attached hydrogens (tertiary/aromatic N) is 4. The summed E-state index contributed by atoms with van der Waals surface area (Å²) in [5, 5.41) is 30.1. The molecule has 35 heavy (non-hydrogen) atoms. The van der Waals surface area contributed by atoms with Crippen LogP contribution in [0.15, 0.2) is 36.9 Å². The van der Waals surface area contributed by atoms with Crippen molar-refractivity contribution in [2.24, 2.45) is 5.73 Å². The molecule has 1 fully saturated rings. The molecule has 0 saturated carbocycles. The topological polar surface area (TPSA) is 238 Å². The monoisotopic (exact) mass is 509 g/mol. The highest BCUT2D eigenvalue weighted by Crippen LogP contribution is 2.32. The number of benzene rings is 1. The molecule has 1 aromatic carbocycles. The minimum atomic E-state index is -4.61. The summed E-state index contributed by atoms with van der Waals surface area (Å²) >= 11 is 0. The number of nitrogens with one attached hydrogen (secondary N) is 1. The molecule has 3 heterocycles. The third kappa shape index (κ3) is 5.31. The number of rotatable bonds is 8. The summed E-state index contributed by atoms with van der Waals surface area (Å²) in [7, 11) is -4.61. The van der Waals surface area contributed by atoms with E-state index in [-0.39, 0.29) is 29.2 Å². The van der Waals surface area contributed by atoms with Gasteiger partial charge in [-0.15, -0.1) is 0 Å². The van der Waals surface area contributed by atoms with Gasteiger partial charge >= 0.3 is 10.3 Å². The Balaban J connectivity index is 1.36. The molecule has 8 N–H and O–H groups in total. The molecule has 0 aliphatic carbocycles. The Labute approximate surface area is 198 Å². The number of imidazole rings is 1. The zero-order valence-corrected chi connectivity index (χ0v) is 18.8. The van der Waals surface area contributed by atoms with Gasteiger partial charge in [0.15, 0.2) is 17.7 Å². The van der Waals surface area contributed by atoms with Crippen molar-refractivity contribution in [2.75, 3.05) is 12.3 Å². The van der Waals surface area contributed by atoms with Crippen molar-refractivity contribution in [3.63, 3.8) is 0 Å². The molecular weight excluding hydrogens is 486 g/mol. The van der Waals surface area contributed by atoms with Crippen LogP contribution >= 0.6 is 0 Å². The SMILES string of the molecule is Nc1ncnc2c1ncn2[C@@H]1O[C@H](COS(=O)(=O)NC(=O)[C@@H](N)Cc2ccc(O)cc2)[C@@H](O)[C@H]1O. The highest BCUT2D eigenvalue weighted by Gasteiger charge is 2.45. The van der Waals surface area contributed by atoms with Gasteiger partial charge in [-0.3, -0.25) is 13.5 Å². The first kappa shape index (κ1) is 24.7. The van der Waals surface area contributed by atoms with Gasteiger partial charge in [-0.2, -0.15) is 8.42 Å². The number of aromatic hydroxyl groups is 1. The van der Waals surface area contributed by atoms with Crippen molar-refractivity contribution in [1.29, 1.82) is 0 Å². The van der Waals surface area contributed by atoms with Crippen LogP contribution in [0, 0.1) is 0 Å². The maximum atomic E-state index is 12.2. The largest absolute Gasteiger partial charge is 0.508 e. The molecule has 15 nitrogen and oxygen atoms in total. The van der Waals surface area contributed by atoms with Crippen molar-refractivity contribution >= 4 is 33.2 Å². The quantitative estimate of drug-likeness (QED) is 0.187. The zero-order valence-electron chi connectivity index (χ0n) is 18.0. The Morgan fingerprint density at radius 2 is 1.91 bits per heavy atom. The van der Waals surface area contributed by atoms with E-state index in [4.69, 9.17) is 20.4 Å². The van der Waals surface area contributed by atoms with Gasteiger partial charge in [0.2, 0.25) is 0 Å². The number of carbonyl (C=O) groups excluding carboxylic acids is 1. The fraction of sp³-hybridized carbons (Fsp3) is 0.368. The van der Waals surface area contributed by atoms with Crippen LogP contribution in [0.1, 0.15) is 11.8 Å². The standard InChI is InChI=1S/C19H23N7O8S/c20-11(5-9-1-3-10(27)4-2-9)18(30)25-35(31,32)33-6-12-14(28)15(29)19(34-12)26-8-24-13-16(21)22-7-23-17(13)26/h1-4,7-8,11-12,14-15,19,27-29H,5-6,20H2,(H,25,30)(H2,21,22,23)/t11-,12+,14+,15+,19+/m0/s1. The van der Waals surface area contributed by atoms with E-state index < -0.39 is 53.4 Å². The number of aliphatic hydroxyl groups is 2. The molecule has 1 aliphatic heterocycles. The van der Waals surface area contributed by atoms with Crippen LogP contribution in [-0.2, 0) is 30.4 Å². The molecule has 1 amide bonds. The van der Waals surface area contributed by atoms with E-state index in [2.05, 4.69) is 15.0 Å². The Morgan fingerprint density at radius 1 is 1.20 bits per heavy atom. The fourth-order valence-corrected chi connectivity index (χ4v) is 4.29. The number of hydrogen-bond donors (Lipinski definition) is 6. The molecule has 0 spiro atoms. The summed E-state index contributed by atoms with van der Waals surface area (Å²) in [6.07, 6.45) is -2.97. The lowest BCUT2D eigenvalue weighted by Gasteiger charge is -2.16. The molecule has 4 rings (SSSR count). The summed E-state index contributed by atoms with van der Waals surface area (Å²) in [6.45, 7) is -0.714. The Hall–Kier alpha value is -3.41. The van der Waals surface area contributed by atoms with Crippen LogP contribution in [0.3, 0.4) is 0 Å². The van der Waals surface area contributed by atoms with E-state index in [9.17, 15) is 28.5 Å². The smallest absolute Gasteiger partial charge is 0.362 e. The highest BCUT2D eigenvalue weighted by molar-refractivity contribution is 7.85. The molecule has 0 unspecified atom stereocenters. The summed E-state index contributed by atoms with van der Waals surface area (Å²) in [5.74, 6) is -0.886. The third-order valence-corrected chi connectivity index (χ3v) is 6.24. The zero-order chi connectivity index (χ0) is 25.3. The first-order valence-corrected chi connectivity index (χ1v) is 11.7. The maximum Gasteiger partial charge on any atom is 0.362 e. The first-order valence-electron chi connectivity index (χ1n) is 10.2. The van der Waals surface area contributed by atoms with Gasteiger partial charge < -0.3 is 31.5 Å². The number of fused-ring (bicyclic) bond motifs is 1. The number of nitrogen functional groups attached to an aromatic ring is 1. The number of amides is 1. The van der Waals surface area contributed by atoms with E-state index in [0.717, 1.165) is 0 Å². The second kappa shape index (κ2) is 9.68. The van der Waals surface area contributed by atoms with Crippen LogP contribution in [0.4, 0.5) is 5.82 Å². The number of aliphatic hydroxyl groups excluding tert-OH is 2. The van der Waals surface area contributed by atoms with Gasteiger partial charge in [-0.05, 0) is 24.1 Å². The predicted molar refractivity (Wildman–Crippen MR) is 118 cm³/mol. The van der Waals surface area contributed by atoms with Gasteiger partial charge in [-0.25, -0.2) is 19.7 Å². The number of aromatic nitrogens is 4. The molecule has 1 saturated heterocycles. The van der Waals surface area contributed by atoms with Crippen molar-refractivity contribution in [3.8, 4) is 5.75 Å². The summed E-state index contributed by atoms with van der Waals surface area (Å²) in [6, 6.07) is 4.67. The minimum absolute atomic E-state index is 0.00683. The Bertz CT molecular complexity index is 1320. The predicted octanol–water partition coefficient (Wildman–Crippen LogP) is -2.32. The van der Waals surface area contributed by atoms with Crippen molar-refractivity contribution in [1.82, 2.24) is 24.2 Å². The number of phenolic OH excluding ortho intramolecular Hbond substituents is 1. The highest BCUT2D eigenvalue weighted by atomic mass is 32.2. The average molecular weight is 510 g/mol. The minimum Gasteiger partial charge on any atom is -0.508 e. The van der Waals surface area contributed by atoms with Gasteiger partial charge in [0.25, 0.3) is 5.91 Å². The number of anilines is 1. The molecule has 5 atom stereocenters. The van der Waals surface area contributed by atoms with Gasteiger partial charge in [0.1, 0.15) is 35.9 Å².